The third-order valence-electron chi connectivity index (χ3n) is 3.56. The van der Waals surface area contributed by atoms with Crippen LogP contribution in [0.25, 0.3) is 16.7 Å². The number of aromatic nitrogens is 4. The van der Waals surface area contributed by atoms with Gasteiger partial charge in [0.25, 0.3) is 0 Å². The molecule has 0 aliphatic carbocycles. The van der Waals surface area contributed by atoms with E-state index in [1.54, 1.807) is 6.33 Å². The van der Waals surface area contributed by atoms with Crippen molar-refractivity contribution in [2.24, 2.45) is 0 Å². The number of nitrogens with zero attached hydrogens (tertiary/aromatic N) is 5. The predicted octanol–water partition coefficient (Wildman–Crippen LogP) is 3.04. The van der Waals surface area contributed by atoms with Gasteiger partial charge in [-0.15, -0.1) is 0 Å². The zero-order valence-corrected chi connectivity index (χ0v) is 13.5. The molecular formula is C15H16BrN5. The molecule has 0 spiro atoms. The van der Waals surface area contributed by atoms with Gasteiger partial charge in [0.2, 0.25) is 0 Å². The van der Waals surface area contributed by atoms with Gasteiger partial charge in [0, 0.05) is 18.4 Å². The van der Waals surface area contributed by atoms with Gasteiger partial charge in [0.1, 0.15) is 12.1 Å². The topological polar surface area (TPSA) is 46.8 Å². The lowest BCUT2D eigenvalue weighted by atomic mass is 10.3. The van der Waals surface area contributed by atoms with Crippen LogP contribution in [0.3, 0.4) is 0 Å². The fraction of sp³-hybridized carbons (Fsp3) is 0.267. The average molecular weight is 346 g/mol. The Morgan fingerprint density at radius 1 is 1.24 bits per heavy atom. The third-order valence-corrected chi connectivity index (χ3v) is 4.50. The Balaban J connectivity index is 2.13. The van der Waals surface area contributed by atoms with Crippen LogP contribution in [0, 0.1) is 0 Å². The number of fused-ring (bicyclic) bond motifs is 1. The van der Waals surface area contributed by atoms with Crippen molar-refractivity contribution in [3.05, 3.63) is 42.9 Å². The van der Waals surface area contributed by atoms with E-state index < -0.39 is 0 Å². The minimum atomic E-state index is 0.336. The Morgan fingerprint density at radius 3 is 2.71 bits per heavy atom. The molecule has 1 unspecified atom stereocenters. The molecule has 6 heteroatoms. The lowest BCUT2D eigenvalue weighted by Crippen LogP contribution is -2.30. The van der Waals surface area contributed by atoms with E-state index in [4.69, 9.17) is 0 Å². The smallest absolute Gasteiger partial charge is 0.168 e. The molecule has 0 saturated heterocycles. The lowest BCUT2D eigenvalue weighted by Gasteiger charge is -2.24. The highest BCUT2D eigenvalue weighted by Crippen LogP contribution is 2.25. The standard InChI is InChI=1S/C15H16BrN5/c1-11(8-16)20(2)14-13-9-19-21(15(13)18-10-17-14)12-6-4-3-5-7-12/h3-7,9-11H,8H2,1-2H3. The molecule has 21 heavy (non-hydrogen) atoms. The lowest BCUT2D eigenvalue weighted by molar-refractivity contribution is 0.759. The maximum absolute atomic E-state index is 4.47. The normalized spacial score (nSPS) is 12.5. The largest absolute Gasteiger partial charge is 0.355 e. The SMILES string of the molecule is CC(CBr)N(C)c1ncnc2c1cnn2-c1ccccc1. The molecule has 0 aliphatic rings. The van der Waals surface area contributed by atoms with Crippen LogP contribution in [0.2, 0.25) is 0 Å². The van der Waals surface area contributed by atoms with E-state index in [1.165, 1.54) is 0 Å². The van der Waals surface area contributed by atoms with Crippen molar-refractivity contribution in [3.8, 4) is 5.69 Å². The Labute approximate surface area is 131 Å². The van der Waals surface area contributed by atoms with Gasteiger partial charge in [-0.25, -0.2) is 14.6 Å². The maximum atomic E-state index is 4.47. The summed E-state index contributed by atoms with van der Waals surface area (Å²) in [7, 11) is 2.04. The fourth-order valence-corrected chi connectivity index (χ4v) is 2.62. The first-order valence-electron chi connectivity index (χ1n) is 6.75. The highest BCUT2D eigenvalue weighted by Gasteiger charge is 2.16. The zero-order chi connectivity index (χ0) is 14.8. The number of hydrogen-bond donors (Lipinski definition) is 0. The van der Waals surface area contributed by atoms with E-state index in [2.05, 4.69) is 42.8 Å². The molecule has 0 aliphatic heterocycles. The summed E-state index contributed by atoms with van der Waals surface area (Å²) in [5, 5.41) is 6.30. The van der Waals surface area contributed by atoms with Crippen LogP contribution < -0.4 is 4.90 Å². The van der Waals surface area contributed by atoms with E-state index in [0.29, 0.717) is 6.04 Å². The number of para-hydroxylation sites is 1. The van der Waals surface area contributed by atoms with Crippen molar-refractivity contribution in [1.29, 1.82) is 0 Å². The molecule has 0 radical (unpaired) electrons. The molecule has 0 fully saturated rings. The van der Waals surface area contributed by atoms with E-state index in [-0.39, 0.29) is 0 Å². The molecule has 2 aromatic heterocycles. The van der Waals surface area contributed by atoms with E-state index in [9.17, 15) is 0 Å². The summed E-state index contributed by atoms with van der Waals surface area (Å²) in [4.78, 5) is 11.0. The van der Waals surface area contributed by atoms with Gasteiger partial charge in [-0.2, -0.15) is 5.10 Å². The van der Waals surface area contributed by atoms with Gasteiger partial charge in [-0.05, 0) is 19.1 Å². The van der Waals surface area contributed by atoms with Crippen LogP contribution in [-0.4, -0.2) is 38.2 Å². The number of halogens is 1. The molecule has 0 amide bonds. The summed E-state index contributed by atoms with van der Waals surface area (Å²) in [5.74, 6) is 0.897. The quantitative estimate of drug-likeness (QED) is 0.682. The zero-order valence-electron chi connectivity index (χ0n) is 11.9. The Kier molecular flexibility index (Phi) is 3.88. The van der Waals surface area contributed by atoms with E-state index in [0.717, 1.165) is 27.9 Å². The highest BCUT2D eigenvalue weighted by atomic mass is 79.9. The van der Waals surface area contributed by atoms with Crippen LogP contribution >= 0.6 is 15.9 Å². The molecule has 108 valence electrons. The minimum absolute atomic E-state index is 0.336. The molecule has 0 N–H and O–H groups in total. The monoisotopic (exact) mass is 345 g/mol. The molecule has 1 aromatic carbocycles. The molecule has 2 heterocycles. The second-order valence-corrected chi connectivity index (χ2v) is 5.59. The van der Waals surface area contributed by atoms with Gasteiger partial charge < -0.3 is 4.90 Å². The van der Waals surface area contributed by atoms with Gasteiger partial charge in [-0.3, -0.25) is 0 Å². The van der Waals surface area contributed by atoms with Gasteiger partial charge in [0.15, 0.2) is 5.65 Å². The summed E-state index contributed by atoms with van der Waals surface area (Å²) < 4.78 is 1.84. The molecule has 0 saturated carbocycles. The Morgan fingerprint density at radius 2 is 2.00 bits per heavy atom. The average Bonchev–Trinajstić information content (AvgIpc) is 2.98. The second kappa shape index (κ2) is 5.81. The Hall–Kier alpha value is -1.95. The highest BCUT2D eigenvalue weighted by molar-refractivity contribution is 9.09. The number of hydrogen-bond acceptors (Lipinski definition) is 4. The van der Waals surface area contributed by atoms with Crippen molar-refractivity contribution in [3.63, 3.8) is 0 Å². The molecule has 3 aromatic rings. The number of alkyl halides is 1. The number of rotatable bonds is 4. The van der Waals surface area contributed by atoms with Crippen LogP contribution in [-0.2, 0) is 0 Å². The molecule has 0 bridgehead atoms. The molecule has 5 nitrogen and oxygen atoms in total. The first-order valence-corrected chi connectivity index (χ1v) is 7.87. The molecule has 1 atom stereocenters. The van der Waals surface area contributed by atoms with Gasteiger partial charge >= 0.3 is 0 Å². The van der Waals surface area contributed by atoms with Crippen molar-refractivity contribution < 1.29 is 0 Å². The third kappa shape index (κ3) is 2.51. The van der Waals surface area contributed by atoms with Crippen LogP contribution in [0.5, 0.6) is 0 Å². The summed E-state index contributed by atoms with van der Waals surface area (Å²) in [6.07, 6.45) is 3.42. The second-order valence-electron chi connectivity index (χ2n) is 4.94. The predicted molar refractivity (Wildman–Crippen MR) is 88.3 cm³/mol. The van der Waals surface area contributed by atoms with E-state index in [1.807, 2.05) is 48.3 Å². The van der Waals surface area contributed by atoms with Crippen LogP contribution in [0.1, 0.15) is 6.92 Å². The van der Waals surface area contributed by atoms with Crippen molar-refractivity contribution in [1.82, 2.24) is 19.7 Å². The van der Waals surface area contributed by atoms with Crippen LogP contribution in [0.15, 0.2) is 42.9 Å². The molecular weight excluding hydrogens is 330 g/mol. The first-order chi connectivity index (χ1) is 10.2. The van der Waals surface area contributed by atoms with Gasteiger partial charge in [-0.1, -0.05) is 34.1 Å². The summed E-state index contributed by atoms with van der Waals surface area (Å²) in [6.45, 7) is 2.14. The summed E-state index contributed by atoms with van der Waals surface area (Å²) in [6, 6.07) is 10.3. The summed E-state index contributed by atoms with van der Waals surface area (Å²) >= 11 is 3.51. The van der Waals surface area contributed by atoms with Crippen molar-refractivity contribution in [2.45, 2.75) is 13.0 Å². The van der Waals surface area contributed by atoms with E-state index >= 15 is 0 Å². The van der Waals surface area contributed by atoms with Crippen molar-refractivity contribution >= 4 is 32.8 Å². The maximum Gasteiger partial charge on any atom is 0.168 e. The summed E-state index contributed by atoms with van der Waals surface area (Å²) in [5.41, 5.74) is 1.81. The minimum Gasteiger partial charge on any atom is -0.355 e. The fourth-order valence-electron chi connectivity index (χ4n) is 2.18. The Bertz CT molecular complexity index is 740. The van der Waals surface area contributed by atoms with Gasteiger partial charge in [0.05, 0.1) is 17.3 Å². The first kappa shape index (κ1) is 14.0. The molecule has 3 rings (SSSR count). The van der Waals surface area contributed by atoms with Crippen molar-refractivity contribution in [2.75, 3.05) is 17.3 Å². The van der Waals surface area contributed by atoms with Crippen LogP contribution in [0.4, 0.5) is 5.82 Å². The number of benzene rings is 1. The number of anilines is 1.